The van der Waals surface area contributed by atoms with Crippen LogP contribution in [0.3, 0.4) is 0 Å². The SMILES string of the molecule is CC(O)CCC(=O)NC(C)CC#N. The number of hydrogen-bond donors (Lipinski definition) is 2. The summed E-state index contributed by atoms with van der Waals surface area (Å²) in [4.78, 5) is 11.1. The average Bonchev–Trinajstić information content (AvgIpc) is 2.01. The molecule has 0 radical (unpaired) electrons. The molecular weight excluding hydrogens is 168 g/mol. The zero-order valence-electron chi connectivity index (χ0n) is 8.08. The molecule has 0 aliphatic rings. The van der Waals surface area contributed by atoms with Gasteiger partial charge in [0.2, 0.25) is 5.91 Å². The van der Waals surface area contributed by atoms with Gasteiger partial charge in [-0.25, -0.2) is 0 Å². The summed E-state index contributed by atoms with van der Waals surface area (Å²) in [6.07, 6.45) is 0.649. The zero-order chi connectivity index (χ0) is 10.3. The first-order chi connectivity index (χ1) is 6.06. The Kier molecular flexibility index (Phi) is 5.90. The molecule has 0 rings (SSSR count). The number of nitriles is 1. The first kappa shape index (κ1) is 11.9. The van der Waals surface area contributed by atoms with Crippen molar-refractivity contribution in [3.8, 4) is 6.07 Å². The van der Waals surface area contributed by atoms with Crippen molar-refractivity contribution in [2.75, 3.05) is 0 Å². The third kappa shape index (κ3) is 7.29. The number of carbonyl (C=O) groups excluding carboxylic acids is 1. The van der Waals surface area contributed by atoms with Gasteiger partial charge in [-0.15, -0.1) is 0 Å². The van der Waals surface area contributed by atoms with Crippen LogP contribution in [0.15, 0.2) is 0 Å². The molecule has 4 nitrogen and oxygen atoms in total. The number of rotatable bonds is 5. The number of amides is 1. The largest absolute Gasteiger partial charge is 0.393 e. The van der Waals surface area contributed by atoms with Crippen molar-refractivity contribution in [1.29, 1.82) is 5.26 Å². The van der Waals surface area contributed by atoms with Crippen LogP contribution in [-0.2, 0) is 4.79 Å². The van der Waals surface area contributed by atoms with E-state index in [4.69, 9.17) is 10.4 Å². The van der Waals surface area contributed by atoms with E-state index in [-0.39, 0.29) is 11.9 Å². The molecule has 2 atom stereocenters. The van der Waals surface area contributed by atoms with Crippen LogP contribution in [-0.4, -0.2) is 23.2 Å². The smallest absolute Gasteiger partial charge is 0.220 e. The molecule has 2 unspecified atom stereocenters. The van der Waals surface area contributed by atoms with Gasteiger partial charge in [-0.2, -0.15) is 5.26 Å². The van der Waals surface area contributed by atoms with Crippen molar-refractivity contribution in [3.63, 3.8) is 0 Å². The molecule has 0 saturated carbocycles. The highest BCUT2D eigenvalue weighted by molar-refractivity contribution is 5.76. The van der Waals surface area contributed by atoms with Crippen LogP contribution in [0.5, 0.6) is 0 Å². The Morgan fingerprint density at radius 3 is 2.69 bits per heavy atom. The summed E-state index contributed by atoms with van der Waals surface area (Å²) >= 11 is 0. The summed E-state index contributed by atoms with van der Waals surface area (Å²) in [7, 11) is 0. The van der Waals surface area contributed by atoms with Crippen molar-refractivity contribution in [2.45, 2.75) is 45.3 Å². The van der Waals surface area contributed by atoms with Gasteiger partial charge < -0.3 is 10.4 Å². The van der Waals surface area contributed by atoms with Gasteiger partial charge in [0.05, 0.1) is 18.6 Å². The fourth-order valence-electron chi connectivity index (χ4n) is 0.875. The Morgan fingerprint density at radius 1 is 1.62 bits per heavy atom. The molecular formula is C9H16N2O2. The molecule has 0 heterocycles. The van der Waals surface area contributed by atoms with Gasteiger partial charge in [0, 0.05) is 12.5 Å². The van der Waals surface area contributed by atoms with Crippen LogP contribution in [0.4, 0.5) is 0 Å². The van der Waals surface area contributed by atoms with E-state index in [1.165, 1.54) is 0 Å². The molecule has 0 fully saturated rings. The minimum absolute atomic E-state index is 0.105. The second-order valence-corrected chi connectivity index (χ2v) is 3.22. The van der Waals surface area contributed by atoms with E-state index >= 15 is 0 Å². The monoisotopic (exact) mass is 184 g/mol. The van der Waals surface area contributed by atoms with Crippen LogP contribution in [0.25, 0.3) is 0 Å². The maximum Gasteiger partial charge on any atom is 0.220 e. The first-order valence-electron chi connectivity index (χ1n) is 4.40. The molecule has 0 bridgehead atoms. The van der Waals surface area contributed by atoms with Crippen LogP contribution in [0.1, 0.15) is 33.1 Å². The lowest BCUT2D eigenvalue weighted by molar-refractivity contribution is -0.122. The summed E-state index contributed by atoms with van der Waals surface area (Å²) in [5, 5.41) is 19.9. The molecule has 0 aliphatic carbocycles. The molecule has 0 aromatic heterocycles. The summed E-state index contributed by atoms with van der Waals surface area (Å²) in [6.45, 7) is 3.43. The zero-order valence-corrected chi connectivity index (χ0v) is 8.08. The molecule has 0 aromatic carbocycles. The third-order valence-electron chi connectivity index (χ3n) is 1.59. The van der Waals surface area contributed by atoms with Gasteiger partial charge >= 0.3 is 0 Å². The Bertz CT molecular complexity index is 196. The van der Waals surface area contributed by atoms with Gasteiger partial charge in [-0.3, -0.25) is 4.79 Å². The number of carbonyl (C=O) groups is 1. The molecule has 13 heavy (non-hydrogen) atoms. The normalized spacial score (nSPS) is 14.3. The van der Waals surface area contributed by atoms with Gasteiger partial charge in [0.15, 0.2) is 0 Å². The highest BCUT2D eigenvalue weighted by atomic mass is 16.3. The van der Waals surface area contributed by atoms with Crippen LogP contribution < -0.4 is 5.32 Å². The number of hydrogen-bond acceptors (Lipinski definition) is 3. The van der Waals surface area contributed by atoms with Crippen molar-refractivity contribution in [2.24, 2.45) is 0 Å². The third-order valence-corrected chi connectivity index (χ3v) is 1.59. The first-order valence-corrected chi connectivity index (χ1v) is 4.40. The Balaban J connectivity index is 3.57. The minimum Gasteiger partial charge on any atom is -0.393 e. The lowest BCUT2D eigenvalue weighted by Crippen LogP contribution is -2.32. The van der Waals surface area contributed by atoms with Crippen LogP contribution in [0, 0.1) is 11.3 Å². The number of aliphatic hydroxyl groups is 1. The van der Waals surface area contributed by atoms with Gasteiger partial charge in [0.1, 0.15) is 0 Å². The summed E-state index contributed by atoms with van der Waals surface area (Å²) < 4.78 is 0. The molecule has 0 aromatic rings. The lowest BCUT2D eigenvalue weighted by Gasteiger charge is -2.10. The molecule has 0 saturated heterocycles. The highest BCUT2D eigenvalue weighted by Crippen LogP contribution is 1.96. The van der Waals surface area contributed by atoms with Crippen LogP contribution in [0.2, 0.25) is 0 Å². The van der Waals surface area contributed by atoms with E-state index in [9.17, 15) is 4.79 Å². The second-order valence-electron chi connectivity index (χ2n) is 3.22. The number of aliphatic hydroxyl groups excluding tert-OH is 1. The lowest BCUT2D eigenvalue weighted by atomic mass is 10.2. The molecule has 0 spiro atoms. The quantitative estimate of drug-likeness (QED) is 0.656. The predicted molar refractivity (Wildman–Crippen MR) is 48.7 cm³/mol. The predicted octanol–water partition coefficient (Wildman–Crippen LogP) is 0.566. The standard InChI is InChI=1S/C9H16N2O2/c1-7(5-6-10)11-9(13)4-3-8(2)12/h7-8,12H,3-5H2,1-2H3,(H,11,13). The van der Waals surface area contributed by atoms with Crippen molar-refractivity contribution in [1.82, 2.24) is 5.32 Å². The Hall–Kier alpha value is -1.08. The van der Waals surface area contributed by atoms with Gasteiger partial charge in [-0.05, 0) is 20.3 Å². The van der Waals surface area contributed by atoms with E-state index < -0.39 is 6.10 Å². The van der Waals surface area contributed by atoms with Crippen molar-refractivity contribution in [3.05, 3.63) is 0 Å². The van der Waals surface area contributed by atoms with E-state index in [0.717, 1.165) is 0 Å². The fourth-order valence-corrected chi connectivity index (χ4v) is 0.875. The molecule has 0 aliphatic heterocycles. The van der Waals surface area contributed by atoms with E-state index in [2.05, 4.69) is 5.32 Å². The average molecular weight is 184 g/mol. The van der Waals surface area contributed by atoms with E-state index in [1.807, 2.05) is 6.07 Å². The minimum atomic E-state index is -0.447. The maximum absolute atomic E-state index is 11.1. The second kappa shape index (κ2) is 6.44. The van der Waals surface area contributed by atoms with Crippen molar-refractivity contribution >= 4 is 5.91 Å². The molecule has 2 N–H and O–H groups in total. The fraction of sp³-hybridized carbons (Fsp3) is 0.778. The molecule has 4 heteroatoms. The van der Waals surface area contributed by atoms with Crippen LogP contribution >= 0.6 is 0 Å². The summed E-state index contributed by atoms with van der Waals surface area (Å²) in [5.41, 5.74) is 0. The summed E-state index contributed by atoms with van der Waals surface area (Å²) in [6, 6.07) is 1.87. The topological polar surface area (TPSA) is 73.1 Å². The summed E-state index contributed by atoms with van der Waals surface area (Å²) in [5.74, 6) is -0.108. The van der Waals surface area contributed by atoms with Crippen molar-refractivity contribution < 1.29 is 9.90 Å². The van der Waals surface area contributed by atoms with E-state index in [0.29, 0.717) is 19.3 Å². The number of nitrogens with one attached hydrogen (secondary N) is 1. The highest BCUT2D eigenvalue weighted by Gasteiger charge is 2.07. The molecule has 74 valence electrons. The Morgan fingerprint density at radius 2 is 2.23 bits per heavy atom. The van der Waals surface area contributed by atoms with E-state index in [1.54, 1.807) is 13.8 Å². The molecule has 1 amide bonds. The van der Waals surface area contributed by atoms with Gasteiger partial charge in [-0.1, -0.05) is 0 Å². The number of nitrogens with zero attached hydrogens (tertiary/aromatic N) is 1. The Labute approximate surface area is 78.6 Å². The maximum atomic E-state index is 11.1. The van der Waals surface area contributed by atoms with Gasteiger partial charge in [0.25, 0.3) is 0 Å².